The summed E-state index contributed by atoms with van der Waals surface area (Å²) in [7, 11) is 0. The largest absolute Gasteiger partial charge is 0.490 e. The maximum atomic E-state index is 12.9. The van der Waals surface area contributed by atoms with Crippen LogP contribution in [0.1, 0.15) is 58.3 Å². The number of hydrogen-bond donors (Lipinski definition) is 0. The van der Waals surface area contributed by atoms with Crippen molar-refractivity contribution >= 4 is 11.8 Å². The molecule has 0 bridgehead atoms. The number of rotatable bonds is 1. The van der Waals surface area contributed by atoms with Crippen LogP contribution in [-0.2, 0) is 14.3 Å². The predicted molar refractivity (Wildman–Crippen MR) is 95.8 cm³/mol. The van der Waals surface area contributed by atoms with Crippen molar-refractivity contribution in [2.45, 2.75) is 70.1 Å². The number of carbonyl (C=O) groups excluding carboxylic acids is 2. The van der Waals surface area contributed by atoms with Crippen LogP contribution in [0.25, 0.3) is 0 Å². The van der Waals surface area contributed by atoms with Gasteiger partial charge in [0.05, 0.1) is 0 Å². The Bertz CT molecular complexity index is 777. The van der Waals surface area contributed by atoms with Gasteiger partial charge in [0.2, 0.25) is 0 Å². The lowest BCUT2D eigenvalue weighted by Gasteiger charge is -2.55. The molecule has 6 atom stereocenters. The summed E-state index contributed by atoms with van der Waals surface area (Å²) in [6.45, 7) is 1.92. The minimum atomic E-state index is -5.05. The first-order valence-corrected chi connectivity index (χ1v) is 10.1. The monoisotopic (exact) mass is 394 g/mol. The molecule has 3 saturated carbocycles. The molecule has 0 saturated heterocycles. The zero-order chi connectivity index (χ0) is 20.3. The van der Waals surface area contributed by atoms with E-state index in [-0.39, 0.29) is 18.1 Å². The van der Waals surface area contributed by atoms with E-state index in [1.54, 1.807) is 0 Å². The molecule has 3 nitrogen and oxygen atoms in total. The van der Waals surface area contributed by atoms with Crippen molar-refractivity contribution in [2.75, 3.05) is 0 Å². The zero-order valence-electron chi connectivity index (χ0n) is 16.0. The quantitative estimate of drug-likeness (QED) is 0.482. The van der Waals surface area contributed by atoms with E-state index in [0.29, 0.717) is 37.0 Å². The normalized spacial score (nSPS) is 42.5. The number of halogens is 3. The first-order chi connectivity index (χ1) is 13.1. The van der Waals surface area contributed by atoms with Crippen molar-refractivity contribution in [2.24, 2.45) is 29.1 Å². The van der Waals surface area contributed by atoms with Crippen LogP contribution in [0, 0.1) is 41.4 Å². The van der Waals surface area contributed by atoms with Crippen molar-refractivity contribution in [3.8, 4) is 12.3 Å². The molecule has 0 aromatic rings. The first-order valence-electron chi connectivity index (χ1n) is 10.1. The van der Waals surface area contributed by atoms with E-state index < -0.39 is 23.2 Å². The molecule has 0 unspecified atom stereocenters. The van der Waals surface area contributed by atoms with Crippen molar-refractivity contribution in [1.82, 2.24) is 0 Å². The van der Waals surface area contributed by atoms with Crippen LogP contribution in [0.3, 0.4) is 0 Å². The molecule has 152 valence electrons. The summed E-state index contributed by atoms with van der Waals surface area (Å²) in [6, 6.07) is 0. The molecule has 4 aliphatic carbocycles. The Kier molecular flexibility index (Phi) is 4.44. The number of hydrogen-bond acceptors (Lipinski definition) is 3. The van der Waals surface area contributed by atoms with Gasteiger partial charge in [0.1, 0.15) is 0 Å². The van der Waals surface area contributed by atoms with Crippen LogP contribution in [0.15, 0.2) is 11.6 Å². The smallest absolute Gasteiger partial charge is 0.439 e. The van der Waals surface area contributed by atoms with E-state index in [4.69, 9.17) is 11.2 Å². The minimum Gasteiger partial charge on any atom is -0.439 e. The molecule has 0 spiro atoms. The Hall–Kier alpha value is -1.77. The topological polar surface area (TPSA) is 43.4 Å². The van der Waals surface area contributed by atoms with Gasteiger partial charge in [-0.2, -0.15) is 13.2 Å². The molecule has 4 rings (SSSR count). The Labute approximate surface area is 163 Å². The molecule has 0 aromatic carbocycles. The van der Waals surface area contributed by atoms with Gasteiger partial charge in [-0.15, -0.1) is 6.42 Å². The summed E-state index contributed by atoms with van der Waals surface area (Å²) < 4.78 is 43.6. The number of carbonyl (C=O) groups is 2. The molecule has 0 radical (unpaired) electrons. The van der Waals surface area contributed by atoms with Gasteiger partial charge >= 0.3 is 12.1 Å². The van der Waals surface area contributed by atoms with Crippen LogP contribution < -0.4 is 0 Å². The average molecular weight is 394 g/mol. The third-order valence-electron chi connectivity index (χ3n) is 8.15. The van der Waals surface area contributed by atoms with Crippen LogP contribution in [-0.4, -0.2) is 23.5 Å². The molecule has 3 fully saturated rings. The highest BCUT2D eigenvalue weighted by molar-refractivity contribution is 5.91. The summed E-state index contributed by atoms with van der Waals surface area (Å²) in [5.74, 6) is 1.84. The van der Waals surface area contributed by atoms with Gasteiger partial charge < -0.3 is 4.74 Å². The van der Waals surface area contributed by atoms with E-state index in [1.807, 2.05) is 13.0 Å². The second kappa shape index (κ2) is 6.37. The van der Waals surface area contributed by atoms with Gasteiger partial charge in [0, 0.05) is 11.8 Å². The summed E-state index contributed by atoms with van der Waals surface area (Å²) in [4.78, 5) is 23.4. The molecular formula is C22H25F3O3. The lowest BCUT2D eigenvalue weighted by Crippen LogP contribution is -2.54. The number of alkyl halides is 3. The van der Waals surface area contributed by atoms with Gasteiger partial charge in [0.25, 0.3) is 0 Å². The van der Waals surface area contributed by atoms with Crippen molar-refractivity contribution in [3.63, 3.8) is 0 Å². The van der Waals surface area contributed by atoms with Crippen LogP contribution in [0.2, 0.25) is 0 Å². The Morgan fingerprint density at radius 2 is 1.93 bits per heavy atom. The fourth-order valence-corrected chi connectivity index (χ4v) is 6.83. The fourth-order valence-electron chi connectivity index (χ4n) is 6.83. The number of esters is 1. The molecule has 0 amide bonds. The van der Waals surface area contributed by atoms with E-state index in [1.165, 1.54) is 5.57 Å². The standard InChI is InChI=1S/C22H25F3O3/c1-3-21(28-19(27)22(23,24)25)11-9-18-17-6-4-13-12-14(26)5-7-15(13)16(17)8-10-20(18,21)2/h1,12,15-18H,4-11H2,2H3/t15-,16+,17+,18-,20-,21-/m0/s1. The lowest BCUT2D eigenvalue weighted by molar-refractivity contribution is -0.219. The molecule has 6 heteroatoms. The SMILES string of the molecule is C#C[C@]1(OC(=O)C(F)(F)F)CC[C@H]2[C@@H]3CCC4=CC(=O)CC[C@@H]4[C@H]3CC[C@@]21C. The number of ketones is 1. The average Bonchev–Trinajstić information content (AvgIpc) is 2.93. The molecule has 0 aliphatic heterocycles. The first kappa shape index (κ1) is 19.5. The predicted octanol–water partition coefficient (Wildman–Crippen LogP) is 4.61. The van der Waals surface area contributed by atoms with Gasteiger partial charge in [-0.05, 0) is 74.7 Å². The maximum Gasteiger partial charge on any atom is 0.490 e. The van der Waals surface area contributed by atoms with Crippen LogP contribution in [0.5, 0.6) is 0 Å². The Morgan fingerprint density at radius 3 is 2.61 bits per heavy atom. The molecular weight excluding hydrogens is 369 g/mol. The van der Waals surface area contributed by atoms with Gasteiger partial charge in [-0.3, -0.25) is 4.79 Å². The molecule has 0 aromatic heterocycles. The third-order valence-corrected chi connectivity index (χ3v) is 8.15. The van der Waals surface area contributed by atoms with Gasteiger partial charge in [0.15, 0.2) is 11.4 Å². The molecule has 0 N–H and O–H groups in total. The second-order valence-corrected chi connectivity index (χ2v) is 9.16. The van der Waals surface area contributed by atoms with E-state index in [0.717, 1.165) is 25.7 Å². The highest BCUT2D eigenvalue weighted by Gasteiger charge is 2.65. The summed E-state index contributed by atoms with van der Waals surface area (Å²) in [5.41, 5.74) is -0.880. The molecule has 4 aliphatic rings. The number of terminal acetylenes is 1. The van der Waals surface area contributed by atoms with Gasteiger partial charge in [-0.1, -0.05) is 18.4 Å². The molecule has 0 heterocycles. The van der Waals surface area contributed by atoms with Crippen molar-refractivity contribution in [1.29, 1.82) is 0 Å². The van der Waals surface area contributed by atoms with Gasteiger partial charge in [-0.25, -0.2) is 4.79 Å². The van der Waals surface area contributed by atoms with E-state index >= 15 is 0 Å². The summed E-state index contributed by atoms with van der Waals surface area (Å²) in [5, 5.41) is 0. The van der Waals surface area contributed by atoms with Crippen molar-refractivity contribution in [3.05, 3.63) is 11.6 Å². The lowest BCUT2D eigenvalue weighted by atomic mass is 9.50. The Balaban J connectivity index is 1.62. The maximum absolute atomic E-state index is 12.9. The Morgan fingerprint density at radius 1 is 1.18 bits per heavy atom. The highest BCUT2D eigenvalue weighted by atomic mass is 19.4. The fraction of sp³-hybridized carbons (Fsp3) is 0.727. The van der Waals surface area contributed by atoms with Crippen LogP contribution in [0.4, 0.5) is 13.2 Å². The number of allylic oxidation sites excluding steroid dienone is 1. The third kappa shape index (κ3) is 2.73. The molecule has 28 heavy (non-hydrogen) atoms. The summed E-state index contributed by atoms with van der Waals surface area (Å²) >= 11 is 0. The number of ether oxygens (including phenoxy) is 1. The minimum absolute atomic E-state index is 0.141. The summed E-state index contributed by atoms with van der Waals surface area (Å²) in [6.07, 6.45) is 8.18. The zero-order valence-corrected chi connectivity index (χ0v) is 16.0. The van der Waals surface area contributed by atoms with E-state index in [9.17, 15) is 22.8 Å². The van der Waals surface area contributed by atoms with Crippen molar-refractivity contribution < 1.29 is 27.5 Å². The highest BCUT2D eigenvalue weighted by Crippen LogP contribution is 2.65. The van der Waals surface area contributed by atoms with E-state index in [2.05, 4.69) is 5.92 Å². The second-order valence-electron chi connectivity index (χ2n) is 9.16. The van der Waals surface area contributed by atoms with Crippen LogP contribution >= 0.6 is 0 Å². The number of fused-ring (bicyclic) bond motifs is 5.